The van der Waals surface area contributed by atoms with Gasteiger partial charge in [-0.1, -0.05) is 6.58 Å². The molecule has 0 aliphatic heterocycles. The summed E-state index contributed by atoms with van der Waals surface area (Å²) in [6.45, 7) is 8.00. The molecule has 0 amide bonds. The molecule has 0 N–H and O–H groups in total. The van der Waals surface area contributed by atoms with Crippen LogP contribution in [-0.2, 0) is 23.1 Å². The molecule has 2 unspecified atom stereocenters. The highest BCUT2D eigenvalue weighted by molar-refractivity contribution is 7.52. The van der Waals surface area contributed by atoms with Crippen molar-refractivity contribution in [2.24, 2.45) is 0 Å². The number of carbonyl (C=O) groups excluding carboxylic acids is 1. The van der Waals surface area contributed by atoms with Crippen LogP contribution < -0.4 is 0 Å². The lowest BCUT2D eigenvalue weighted by Gasteiger charge is -2.16. The zero-order valence-corrected chi connectivity index (χ0v) is 10.4. The third-order valence-electron chi connectivity index (χ3n) is 1.53. The van der Waals surface area contributed by atoms with Crippen LogP contribution in [0.25, 0.3) is 0 Å². The summed E-state index contributed by atoms with van der Waals surface area (Å²) in [5.74, 6) is -0.491. The maximum absolute atomic E-state index is 11.3. The van der Waals surface area contributed by atoms with Gasteiger partial charge < -0.3 is 13.8 Å². The average Bonchev–Trinajstić information content (AvgIpc) is 2.15. The van der Waals surface area contributed by atoms with E-state index in [1.54, 1.807) is 13.8 Å². The van der Waals surface area contributed by atoms with Crippen molar-refractivity contribution in [1.29, 1.82) is 0 Å². The number of hydrogen-bond acceptors (Lipinski definition) is 5. The standard InChI is InChI=1S/C9H17O5P/c1-7(2)9(10)14-8(3)6-13-15(5,11)12-4/h8H,1,6H2,2-5H3. The third kappa shape index (κ3) is 6.44. The molecule has 0 spiro atoms. The highest BCUT2D eigenvalue weighted by Crippen LogP contribution is 2.42. The monoisotopic (exact) mass is 236 g/mol. The summed E-state index contributed by atoms with van der Waals surface area (Å²) < 4.78 is 25.8. The highest BCUT2D eigenvalue weighted by atomic mass is 31.2. The summed E-state index contributed by atoms with van der Waals surface area (Å²) in [7, 11) is -1.71. The zero-order chi connectivity index (χ0) is 12.1. The topological polar surface area (TPSA) is 61.8 Å². The van der Waals surface area contributed by atoms with Gasteiger partial charge in [-0.25, -0.2) is 4.79 Å². The van der Waals surface area contributed by atoms with Gasteiger partial charge in [-0.3, -0.25) is 4.57 Å². The third-order valence-corrected chi connectivity index (χ3v) is 2.81. The smallest absolute Gasteiger partial charge is 0.333 e. The molecule has 0 aliphatic carbocycles. The molecule has 15 heavy (non-hydrogen) atoms. The van der Waals surface area contributed by atoms with E-state index >= 15 is 0 Å². The second kappa shape index (κ2) is 6.05. The maximum Gasteiger partial charge on any atom is 0.333 e. The van der Waals surface area contributed by atoms with Crippen LogP contribution in [0.2, 0.25) is 0 Å². The molecular weight excluding hydrogens is 219 g/mol. The molecule has 0 fully saturated rings. The molecule has 0 saturated heterocycles. The summed E-state index contributed by atoms with van der Waals surface area (Å²) in [6, 6.07) is 0. The van der Waals surface area contributed by atoms with Crippen molar-refractivity contribution in [3.05, 3.63) is 12.2 Å². The van der Waals surface area contributed by atoms with Gasteiger partial charge >= 0.3 is 13.6 Å². The molecular formula is C9H17O5P. The van der Waals surface area contributed by atoms with E-state index < -0.39 is 19.7 Å². The fourth-order valence-corrected chi connectivity index (χ4v) is 1.20. The summed E-state index contributed by atoms with van der Waals surface area (Å²) in [5, 5.41) is 0. The minimum atomic E-state index is -3.01. The Bertz CT molecular complexity index is 286. The molecule has 0 aromatic heterocycles. The van der Waals surface area contributed by atoms with Crippen LogP contribution in [0.1, 0.15) is 13.8 Å². The molecule has 5 nitrogen and oxygen atoms in total. The summed E-state index contributed by atoms with van der Waals surface area (Å²) in [4.78, 5) is 11.1. The van der Waals surface area contributed by atoms with Crippen molar-refractivity contribution in [3.8, 4) is 0 Å². The maximum atomic E-state index is 11.3. The Labute approximate surface area is 89.9 Å². The summed E-state index contributed by atoms with van der Waals surface area (Å²) >= 11 is 0. The summed E-state index contributed by atoms with van der Waals surface area (Å²) in [5.41, 5.74) is 0.313. The van der Waals surface area contributed by atoms with Gasteiger partial charge in [-0.15, -0.1) is 0 Å². The van der Waals surface area contributed by atoms with Crippen molar-refractivity contribution in [2.45, 2.75) is 20.0 Å². The molecule has 0 heterocycles. The quantitative estimate of drug-likeness (QED) is 0.401. The van der Waals surface area contributed by atoms with Crippen LogP contribution in [0.3, 0.4) is 0 Å². The molecule has 0 aromatic carbocycles. The Morgan fingerprint density at radius 3 is 2.47 bits per heavy atom. The normalized spacial score (nSPS) is 16.5. The fourth-order valence-electron chi connectivity index (χ4n) is 0.610. The van der Waals surface area contributed by atoms with E-state index in [2.05, 4.69) is 11.1 Å². The second-order valence-corrected chi connectivity index (χ2v) is 5.41. The molecule has 0 aromatic rings. The lowest BCUT2D eigenvalue weighted by Crippen LogP contribution is -2.20. The molecule has 2 atom stereocenters. The van der Waals surface area contributed by atoms with Gasteiger partial charge in [0.05, 0.1) is 6.61 Å². The Morgan fingerprint density at radius 2 is 2.07 bits per heavy atom. The van der Waals surface area contributed by atoms with Gasteiger partial charge in [0.25, 0.3) is 0 Å². The van der Waals surface area contributed by atoms with E-state index in [0.717, 1.165) is 0 Å². The van der Waals surface area contributed by atoms with E-state index in [9.17, 15) is 9.36 Å². The Morgan fingerprint density at radius 1 is 1.53 bits per heavy atom. The number of rotatable bonds is 6. The fraction of sp³-hybridized carbons (Fsp3) is 0.667. The second-order valence-electron chi connectivity index (χ2n) is 3.25. The molecule has 88 valence electrons. The molecule has 0 bridgehead atoms. The summed E-state index contributed by atoms with van der Waals surface area (Å²) in [6.07, 6.45) is -0.488. The van der Waals surface area contributed by atoms with E-state index in [0.29, 0.717) is 5.57 Å². The zero-order valence-electron chi connectivity index (χ0n) is 9.48. The van der Waals surface area contributed by atoms with Crippen LogP contribution in [0.5, 0.6) is 0 Å². The van der Waals surface area contributed by atoms with Crippen molar-refractivity contribution < 1.29 is 23.1 Å². The van der Waals surface area contributed by atoms with Gasteiger partial charge in [0, 0.05) is 19.3 Å². The number of esters is 1. The van der Waals surface area contributed by atoms with Gasteiger partial charge in [0.1, 0.15) is 6.10 Å². The first-order valence-corrected chi connectivity index (χ1v) is 6.41. The van der Waals surface area contributed by atoms with E-state index in [-0.39, 0.29) is 6.61 Å². The van der Waals surface area contributed by atoms with E-state index in [4.69, 9.17) is 9.26 Å². The Balaban J connectivity index is 3.96. The van der Waals surface area contributed by atoms with Crippen LogP contribution in [0, 0.1) is 0 Å². The largest absolute Gasteiger partial charge is 0.457 e. The van der Waals surface area contributed by atoms with Gasteiger partial charge in [-0.2, -0.15) is 0 Å². The van der Waals surface area contributed by atoms with Crippen LogP contribution in [0.4, 0.5) is 0 Å². The SMILES string of the molecule is C=C(C)C(=O)OC(C)COP(C)(=O)OC. The molecule has 0 saturated carbocycles. The van der Waals surface area contributed by atoms with Crippen LogP contribution >= 0.6 is 7.60 Å². The van der Waals surface area contributed by atoms with Gasteiger partial charge in [0.15, 0.2) is 0 Å². The molecule has 6 heteroatoms. The van der Waals surface area contributed by atoms with Gasteiger partial charge in [0.2, 0.25) is 0 Å². The molecule has 0 radical (unpaired) electrons. The minimum absolute atomic E-state index is 0.0284. The average molecular weight is 236 g/mol. The number of hydrogen-bond donors (Lipinski definition) is 0. The van der Waals surface area contributed by atoms with Crippen molar-refractivity contribution >= 4 is 13.6 Å². The predicted molar refractivity (Wildman–Crippen MR) is 56.9 cm³/mol. The van der Waals surface area contributed by atoms with Crippen LogP contribution in [-0.4, -0.2) is 32.5 Å². The van der Waals surface area contributed by atoms with Crippen molar-refractivity contribution in [1.82, 2.24) is 0 Å². The van der Waals surface area contributed by atoms with E-state index in [1.807, 2.05) is 0 Å². The first kappa shape index (κ1) is 14.4. The molecule has 0 rings (SSSR count). The van der Waals surface area contributed by atoms with E-state index in [1.165, 1.54) is 13.8 Å². The first-order chi connectivity index (χ1) is 6.78. The minimum Gasteiger partial charge on any atom is -0.457 e. The van der Waals surface area contributed by atoms with Gasteiger partial charge in [-0.05, 0) is 13.8 Å². The Kier molecular flexibility index (Phi) is 5.80. The predicted octanol–water partition coefficient (Wildman–Crippen LogP) is 1.98. The molecule has 0 aliphatic rings. The number of carbonyl (C=O) groups is 1. The highest BCUT2D eigenvalue weighted by Gasteiger charge is 2.18. The first-order valence-electron chi connectivity index (χ1n) is 4.42. The van der Waals surface area contributed by atoms with Crippen LogP contribution in [0.15, 0.2) is 12.2 Å². The van der Waals surface area contributed by atoms with Crippen molar-refractivity contribution in [3.63, 3.8) is 0 Å². The lowest BCUT2D eigenvalue weighted by atomic mass is 10.3. The Hall–Kier alpha value is -0.640. The van der Waals surface area contributed by atoms with Crippen molar-refractivity contribution in [2.75, 3.05) is 20.4 Å². The lowest BCUT2D eigenvalue weighted by molar-refractivity contribution is -0.144. The number of ether oxygens (including phenoxy) is 1.